The predicted molar refractivity (Wildman–Crippen MR) is 65.5 cm³/mol. The van der Waals surface area contributed by atoms with Crippen molar-refractivity contribution >= 4 is 5.69 Å². The topological polar surface area (TPSA) is 36.3 Å². The predicted octanol–water partition coefficient (Wildman–Crippen LogP) is 2.42. The zero-order valence-electron chi connectivity index (χ0n) is 9.94. The van der Waals surface area contributed by atoms with Gasteiger partial charge in [0.05, 0.1) is 18.2 Å². The molecule has 1 aromatic carbocycles. The van der Waals surface area contributed by atoms with E-state index in [1.807, 2.05) is 31.3 Å². The molecule has 0 radical (unpaired) electrons. The van der Waals surface area contributed by atoms with Crippen LogP contribution >= 0.6 is 0 Å². The zero-order valence-corrected chi connectivity index (χ0v) is 9.94. The molecule has 0 saturated carbocycles. The lowest BCUT2D eigenvalue weighted by atomic mass is 10.2. The van der Waals surface area contributed by atoms with Gasteiger partial charge in [0.1, 0.15) is 0 Å². The lowest BCUT2D eigenvalue weighted by Gasteiger charge is -2.19. The van der Waals surface area contributed by atoms with Gasteiger partial charge >= 0.3 is 0 Å². The molecule has 0 fully saturated rings. The standard InChI is InChI=1S/C13H18N2O/c1-3-8-16-9-7-15(2)13-6-4-5-12(10-13)11-14/h4-6,10H,3,7-9H2,1-2H3. The average Bonchev–Trinajstić information content (AvgIpc) is 2.34. The summed E-state index contributed by atoms with van der Waals surface area (Å²) in [5.74, 6) is 0. The van der Waals surface area contributed by atoms with Gasteiger partial charge < -0.3 is 9.64 Å². The summed E-state index contributed by atoms with van der Waals surface area (Å²) in [4.78, 5) is 2.09. The number of ether oxygens (including phenoxy) is 1. The van der Waals surface area contributed by atoms with Crippen LogP contribution in [0.25, 0.3) is 0 Å². The molecule has 1 rings (SSSR count). The molecule has 0 N–H and O–H groups in total. The SMILES string of the molecule is CCCOCCN(C)c1cccc(C#N)c1. The highest BCUT2D eigenvalue weighted by atomic mass is 16.5. The summed E-state index contributed by atoms with van der Waals surface area (Å²) in [6.07, 6.45) is 1.05. The Labute approximate surface area is 97.3 Å². The first kappa shape index (κ1) is 12.5. The highest BCUT2D eigenvalue weighted by molar-refractivity contribution is 5.50. The molecule has 3 nitrogen and oxygen atoms in total. The number of anilines is 1. The van der Waals surface area contributed by atoms with Crippen LogP contribution in [-0.2, 0) is 4.74 Å². The fourth-order valence-corrected chi connectivity index (χ4v) is 1.39. The van der Waals surface area contributed by atoms with E-state index >= 15 is 0 Å². The molecule has 0 heterocycles. The van der Waals surface area contributed by atoms with Crippen LogP contribution in [0.1, 0.15) is 18.9 Å². The minimum Gasteiger partial charge on any atom is -0.380 e. The van der Waals surface area contributed by atoms with Crippen LogP contribution in [0, 0.1) is 11.3 Å². The molecule has 86 valence electrons. The Kier molecular flexibility index (Phi) is 5.38. The van der Waals surface area contributed by atoms with Gasteiger partial charge in [-0.15, -0.1) is 0 Å². The summed E-state index contributed by atoms with van der Waals surface area (Å²) in [5.41, 5.74) is 1.75. The van der Waals surface area contributed by atoms with Crippen LogP contribution in [0.3, 0.4) is 0 Å². The third kappa shape index (κ3) is 3.92. The van der Waals surface area contributed by atoms with Crippen molar-refractivity contribution in [3.05, 3.63) is 29.8 Å². The molecule has 0 saturated heterocycles. The van der Waals surface area contributed by atoms with Crippen LogP contribution in [-0.4, -0.2) is 26.8 Å². The second-order valence-electron chi connectivity index (χ2n) is 3.70. The molecule has 0 bridgehead atoms. The van der Waals surface area contributed by atoms with E-state index in [9.17, 15) is 0 Å². The van der Waals surface area contributed by atoms with E-state index in [1.165, 1.54) is 0 Å². The second-order valence-corrected chi connectivity index (χ2v) is 3.70. The summed E-state index contributed by atoms with van der Waals surface area (Å²) in [6.45, 7) is 4.47. The molecule has 0 aromatic heterocycles. The number of nitriles is 1. The van der Waals surface area contributed by atoms with Gasteiger partial charge in [-0.2, -0.15) is 5.26 Å². The van der Waals surface area contributed by atoms with Crippen LogP contribution in [0.2, 0.25) is 0 Å². The third-order valence-electron chi connectivity index (χ3n) is 2.34. The lowest BCUT2D eigenvalue weighted by Crippen LogP contribution is -2.22. The average molecular weight is 218 g/mol. The first-order chi connectivity index (χ1) is 7.77. The molecule has 16 heavy (non-hydrogen) atoms. The van der Waals surface area contributed by atoms with Gasteiger partial charge in [0.25, 0.3) is 0 Å². The molecule has 0 aliphatic rings. The van der Waals surface area contributed by atoms with Crippen molar-refractivity contribution in [3.63, 3.8) is 0 Å². The number of hydrogen-bond donors (Lipinski definition) is 0. The highest BCUT2D eigenvalue weighted by Gasteiger charge is 2.01. The first-order valence-electron chi connectivity index (χ1n) is 5.57. The summed E-state index contributed by atoms with van der Waals surface area (Å²) in [7, 11) is 2.01. The van der Waals surface area contributed by atoms with Gasteiger partial charge in [-0.25, -0.2) is 0 Å². The van der Waals surface area contributed by atoms with E-state index in [4.69, 9.17) is 10.00 Å². The summed E-state index contributed by atoms with van der Waals surface area (Å²) < 4.78 is 5.42. The molecule has 0 atom stereocenters. The Balaban J connectivity index is 2.46. The molecule has 0 aliphatic heterocycles. The molecule has 0 aliphatic carbocycles. The smallest absolute Gasteiger partial charge is 0.0992 e. The van der Waals surface area contributed by atoms with Crippen molar-refractivity contribution < 1.29 is 4.74 Å². The maximum Gasteiger partial charge on any atom is 0.0992 e. The lowest BCUT2D eigenvalue weighted by molar-refractivity contribution is 0.141. The monoisotopic (exact) mass is 218 g/mol. The zero-order chi connectivity index (χ0) is 11.8. The summed E-state index contributed by atoms with van der Waals surface area (Å²) in [5, 5.41) is 8.80. The van der Waals surface area contributed by atoms with E-state index < -0.39 is 0 Å². The quantitative estimate of drug-likeness (QED) is 0.688. The minimum absolute atomic E-state index is 0.693. The fraction of sp³-hybridized carbons (Fsp3) is 0.462. The Morgan fingerprint density at radius 1 is 1.38 bits per heavy atom. The Morgan fingerprint density at radius 3 is 2.88 bits per heavy atom. The van der Waals surface area contributed by atoms with Crippen molar-refractivity contribution in [1.82, 2.24) is 0 Å². The van der Waals surface area contributed by atoms with Crippen molar-refractivity contribution in [2.24, 2.45) is 0 Å². The van der Waals surface area contributed by atoms with E-state index in [0.29, 0.717) is 5.56 Å². The molecule has 1 aromatic rings. The third-order valence-corrected chi connectivity index (χ3v) is 2.34. The normalized spacial score (nSPS) is 9.81. The maximum absolute atomic E-state index is 8.80. The second kappa shape index (κ2) is 6.86. The first-order valence-corrected chi connectivity index (χ1v) is 5.57. The van der Waals surface area contributed by atoms with E-state index in [0.717, 1.165) is 31.9 Å². The highest BCUT2D eigenvalue weighted by Crippen LogP contribution is 2.13. The van der Waals surface area contributed by atoms with Crippen LogP contribution in [0.15, 0.2) is 24.3 Å². The molecule has 0 amide bonds. The van der Waals surface area contributed by atoms with Crippen molar-refractivity contribution in [2.45, 2.75) is 13.3 Å². The largest absolute Gasteiger partial charge is 0.380 e. The van der Waals surface area contributed by atoms with Gasteiger partial charge in [0, 0.05) is 25.9 Å². The van der Waals surface area contributed by atoms with Gasteiger partial charge in [-0.1, -0.05) is 13.0 Å². The molecular weight excluding hydrogens is 200 g/mol. The molecule has 0 spiro atoms. The Morgan fingerprint density at radius 2 is 2.19 bits per heavy atom. The Hall–Kier alpha value is -1.53. The minimum atomic E-state index is 0.693. The molecule has 0 unspecified atom stereocenters. The van der Waals surface area contributed by atoms with Gasteiger partial charge in [0.15, 0.2) is 0 Å². The van der Waals surface area contributed by atoms with Gasteiger partial charge in [0.2, 0.25) is 0 Å². The number of hydrogen-bond acceptors (Lipinski definition) is 3. The van der Waals surface area contributed by atoms with Crippen molar-refractivity contribution in [2.75, 3.05) is 31.7 Å². The molecule has 3 heteroatoms. The fourth-order valence-electron chi connectivity index (χ4n) is 1.39. The number of rotatable bonds is 6. The molecular formula is C13H18N2O. The van der Waals surface area contributed by atoms with Crippen molar-refractivity contribution in [1.29, 1.82) is 5.26 Å². The van der Waals surface area contributed by atoms with Crippen LogP contribution in [0.5, 0.6) is 0 Å². The van der Waals surface area contributed by atoms with Gasteiger partial charge in [-0.3, -0.25) is 0 Å². The van der Waals surface area contributed by atoms with Gasteiger partial charge in [-0.05, 0) is 24.6 Å². The number of likely N-dealkylation sites (N-methyl/N-ethyl adjacent to an activating group) is 1. The van der Waals surface area contributed by atoms with Crippen molar-refractivity contribution in [3.8, 4) is 6.07 Å². The van der Waals surface area contributed by atoms with E-state index in [-0.39, 0.29) is 0 Å². The summed E-state index contributed by atoms with van der Waals surface area (Å²) in [6, 6.07) is 9.74. The maximum atomic E-state index is 8.80. The van der Waals surface area contributed by atoms with E-state index in [1.54, 1.807) is 0 Å². The van der Waals surface area contributed by atoms with Crippen LogP contribution < -0.4 is 4.90 Å². The number of benzene rings is 1. The number of nitrogens with zero attached hydrogens (tertiary/aromatic N) is 2. The summed E-state index contributed by atoms with van der Waals surface area (Å²) >= 11 is 0. The Bertz CT molecular complexity index is 357. The van der Waals surface area contributed by atoms with Crippen LogP contribution in [0.4, 0.5) is 5.69 Å². The van der Waals surface area contributed by atoms with E-state index in [2.05, 4.69) is 17.9 Å².